The smallest absolute Gasteiger partial charge is 0.0689 e. The molecule has 0 aromatic heterocycles. The number of nitrogens with zero attached hydrogens (tertiary/aromatic N) is 1. The summed E-state index contributed by atoms with van der Waals surface area (Å²) in [5.74, 6) is 0. The minimum Gasteiger partial charge on any atom is -0.356 e. The zero-order chi connectivity index (χ0) is 6.99. The fourth-order valence-electron chi connectivity index (χ4n) is 0. The molecule has 0 aliphatic rings. The van der Waals surface area contributed by atoms with Gasteiger partial charge >= 0.3 is 51.7 Å². The summed E-state index contributed by atoms with van der Waals surface area (Å²) in [6.07, 6.45) is 1.38. The summed E-state index contributed by atoms with van der Waals surface area (Å²) < 4.78 is 1.44. The Hall–Kier alpha value is 0.460. The minimum absolute atomic E-state index is 1.38. The van der Waals surface area contributed by atoms with Gasteiger partial charge in [-0.05, 0) is 0 Å². The summed E-state index contributed by atoms with van der Waals surface area (Å²) >= 11 is 1.47. The van der Waals surface area contributed by atoms with Crippen LogP contribution in [-0.2, 0) is 0 Å². The first-order chi connectivity index (χ1) is 3.65. The molecule has 0 rings (SSSR count). The number of hydrogen-bond acceptors (Lipinski definition) is 3. The van der Waals surface area contributed by atoms with Crippen molar-refractivity contribution in [3.05, 3.63) is 15.3 Å². The molecule has 0 radical (unpaired) electrons. The summed E-state index contributed by atoms with van der Waals surface area (Å²) in [5, 5.41) is 14.8. The molecule has 0 aromatic carbocycles. The van der Waals surface area contributed by atoms with E-state index < -0.39 is 5.09 Å². The van der Waals surface area contributed by atoms with Gasteiger partial charge in [-0.3, -0.25) is 0 Å². The van der Waals surface area contributed by atoms with Gasteiger partial charge in [0.25, 0.3) is 0 Å². The van der Waals surface area contributed by atoms with E-state index in [2.05, 4.69) is 6.92 Å². The zero-order valence-corrected chi connectivity index (χ0v) is 7.00. The fraction of sp³-hybridized carbons (Fsp3) is 1.00. The average molecular weight is 145 g/mol. The molecule has 44 valence electrons. The molecule has 4 nitrogen and oxygen atoms in total. The maximum atomic E-state index is 8.25. The summed E-state index contributed by atoms with van der Waals surface area (Å²) in [6.45, 7) is 2.21. The molecule has 0 saturated heterocycles. The predicted octanol–water partition coefficient (Wildman–Crippen LogP) is 0.744. The summed E-state index contributed by atoms with van der Waals surface area (Å²) in [4.78, 5) is 8.25. The van der Waals surface area contributed by atoms with E-state index in [4.69, 9.17) is 15.3 Å². The van der Waals surface area contributed by atoms with Crippen LogP contribution in [0.5, 0.6) is 0 Å². The molecule has 0 saturated carbocycles. The quantitative estimate of drug-likeness (QED) is 0.310. The van der Waals surface area contributed by atoms with Crippen LogP contribution in [-0.4, -0.2) is 40.9 Å². The second-order valence-corrected chi connectivity index (χ2v) is 2.18. The van der Waals surface area contributed by atoms with Crippen molar-refractivity contribution in [2.75, 3.05) is 0 Å². The molecule has 0 aliphatic heterocycles. The van der Waals surface area contributed by atoms with Crippen LogP contribution in [0.4, 0.5) is 0 Å². The van der Waals surface area contributed by atoms with Gasteiger partial charge in [-0.1, -0.05) is 0 Å². The van der Waals surface area contributed by atoms with E-state index in [1.807, 2.05) is 0 Å². The summed E-state index contributed by atoms with van der Waals surface area (Å²) in [5.41, 5.74) is 0. The number of hydrogen-bond donors (Lipinski definition) is 0. The van der Waals surface area contributed by atoms with E-state index in [0.717, 1.165) is 0 Å². The molecule has 0 heterocycles. The molecule has 0 N–H and O–H groups in total. The summed E-state index contributed by atoms with van der Waals surface area (Å²) in [6, 6.07) is 0. The molecule has 0 bridgehead atoms. The molecule has 0 amide bonds. The van der Waals surface area contributed by atoms with Crippen LogP contribution in [0.2, 0.25) is 2.52 Å². The first-order valence-electron chi connectivity index (χ1n) is 2.25. The van der Waals surface area contributed by atoms with Gasteiger partial charge in [0.2, 0.25) is 0 Å². The predicted molar refractivity (Wildman–Crippen MR) is 31.2 cm³/mol. The first kappa shape index (κ1) is 11.3. The van der Waals surface area contributed by atoms with Crippen LogP contribution in [0.3, 0.4) is 0 Å². The molecular weight excluding hydrogens is 138 g/mol. The van der Waals surface area contributed by atoms with Crippen LogP contribution < -0.4 is 0 Å². The fourth-order valence-corrected chi connectivity index (χ4v) is 0. The van der Waals surface area contributed by atoms with Crippen LogP contribution in [0.1, 0.15) is 13.3 Å². The molecule has 0 fully saturated rings. The largest absolute Gasteiger partial charge is 0.356 e. The van der Waals surface area contributed by atoms with Crippen molar-refractivity contribution in [1.29, 1.82) is 0 Å². The molecule has 0 aromatic rings. The first-order valence-corrected chi connectivity index (χ1v) is 3.82. The maximum Gasteiger partial charge on any atom is 0.0689 e. The topological polar surface area (TPSA) is 66.2 Å². The van der Waals surface area contributed by atoms with Crippen molar-refractivity contribution in [1.82, 2.24) is 0 Å². The normalized spacial score (nSPS) is 6.88. The Morgan fingerprint density at radius 3 is 1.75 bits per heavy atom. The third-order valence-corrected chi connectivity index (χ3v) is 1.46. The summed E-state index contributed by atoms with van der Waals surface area (Å²) in [7, 11) is 0. The standard InChI is InChI=1S/C3H7.Ca.NO3/c1-3-2;;2-1(3)4/h1,3H2,2H3;;/q;+1;-1. The molecule has 0 aliphatic carbocycles. The van der Waals surface area contributed by atoms with Crippen molar-refractivity contribution in [2.24, 2.45) is 0 Å². The van der Waals surface area contributed by atoms with Gasteiger partial charge in [0, 0.05) is 0 Å². The molecule has 5 heteroatoms. The van der Waals surface area contributed by atoms with Crippen LogP contribution in [0, 0.1) is 15.3 Å². The van der Waals surface area contributed by atoms with Crippen LogP contribution >= 0.6 is 0 Å². The van der Waals surface area contributed by atoms with Gasteiger partial charge in [-0.2, -0.15) is 0 Å². The van der Waals surface area contributed by atoms with E-state index in [1.54, 1.807) is 0 Å². The molecule has 8 heavy (non-hydrogen) atoms. The van der Waals surface area contributed by atoms with Gasteiger partial charge in [0.15, 0.2) is 0 Å². The average Bonchev–Trinajstić information content (AvgIpc) is 1.65. The van der Waals surface area contributed by atoms with E-state index in [9.17, 15) is 0 Å². The van der Waals surface area contributed by atoms with E-state index in [1.165, 1.54) is 44.7 Å². The SMILES string of the molecule is CC[CH2][Ca+].O=[N+]([O-])[O-]. The third-order valence-electron chi connectivity index (χ3n) is 0.354. The Balaban J connectivity index is 0. The Morgan fingerprint density at radius 1 is 1.62 bits per heavy atom. The molecule has 0 spiro atoms. The second-order valence-electron chi connectivity index (χ2n) is 1.08. The Morgan fingerprint density at radius 2 is 1.75 bits per heavy atom. The van der Waals surface area contributed by atoms with Gasteiger partial charge < -0.3 is 15.3 Å². The van der Waals surface area contributed by atoms with Crippen molar-refractivity contribution in [3.63, 3.8) is 0 Å². The van der Waals surface area contributed by atoms with Gasteiger partial charge in [-0.25, -0.2) is 0 Å². The van der Waals surface area contributed by atoms with E-state index in [-0.39, 0.29) is 0 Å². The van der Waals surface area contributed by atoms with Gasteiger partial charge in [-0.15, -0.1) is 0 Å². The van der Waals surface area contributed by atoms with Gasteiger partial charge in [0.1, 0.15) is 0 Å². The second kappa shape index (κ2) is 10.4. The Bertz CT molecular complexity index is 52.5. The zero-order valence-electron chi connectivity index (χ0n) is 4.79. The van der Waals surface area contributed by atoms with Gasteiger partial charge in [0.05, 0.1) is 5.09 Å². The maximum absolute atomic E-state index is 8.25. The van der Waals surface area contributed by atoms with Crippen molar-refractivity contribution < 1.29 is 5.09 Å². The monoisotopic (exact) mass is 145 g/mol. The van der Waals surface area contributed by atoms with E-state index >= 15 is 0 Å². The van der Waals surface area contributed by atoms with Crippen LogP contribution in [0.15, 0.2) is 0 Å². The molecular formula is C3H7CaNO3. The van der Waals surface area contributed by atoms with Crippen molar-refractivity contribution >= 4 is 35.8 Å². The van der Waals surface area contributed by atoms with Crippen molar-refractivity contribution in [2.45, 2.75) is 15.9 Å². The molecule has 0 unspecified atom stereocenters. The molecule has 0 atom stereocenters. The Kier molecular flexibility index (Phi) is 14.7. The minimum atomic E-state index is -1.75. The third kappa shape index (κ3) is 90.4. The number of rotatable bonds is 1. The van der Waals surface area contributed by atoms with Crippen LogP contribution in [0.25, 0.3) is 0 Å². The van der Waals surface area contributed by atoms with Crippen molar-refractivity contribution in [3.8, 4) is 0 Å². The Labute approximate surface area is 71.6 Å². The van der Waals surface area contributed by atoms with E-state index in [0.29, 0.717) is 0 Å².